The van der Waals surface area contributed by atoms with Crippen LogP contribution >= 0.6 is 11.6 Å². The Labute approximate surface area is 130 Å². The van der Waals surface area contributed by atoms with Crippen LogP contribution in [0.15, 0.2) is 29.2 Å². The Morgan fingerprint density at radius 1 is 1.10 bits per heavy atom. The van der Waals surface area contributed by atoms with E-state index >= 15 is 0 Å². The van der Waals surface area contributed by atoms with Gasteiger partial charge in [0.2, 0.25) is 20.0 Å². The van der Waals surface area contributed by atoms with Gasteiger partial charge in [-0.25, -0.2) is 21.6 Å². The molecule has 2 rings (SSSR count). The first kappa shape index (κ1) is 16.5. The molecule has 1 aliphatic carbocycles. The molecule has 0 aromatic heterocycles. The molecule has 0 amide bonds. The second-order valence-corrected chi connectivity index (χ2v) is 8.82. The van der Waals surface area contributed by atoms with Crippen LogP contribution in [0, 0.1) is 0 Å². The molecule has 0 aliphatic heterocycles. The van der Waals surface area contributed by atoms with Crippen LogP contribution in [0.5, 0.6) is 0 Å². The third kappa shape index (κ3) is 5.14. The van der Waals surface area contributed by atoms with Crippen LogP contribution in [0.2, 0.25) is 0 Å². The quantitative estimate of drug-likeness (QED) is 0.693. The summed E-state index contributed by atoms with van der Waals surface area (Å²) < 4.78 is 52.2. The van der Waals surface area contributed by atoms with Crippen LogP contribution in [-0.2, 0) is 20.0 Å². The summed E-state index contributed by atoms with van der Waals surface area (Å²) in [6.07, 6.45) is 2.07. The highest BCUT2D eigenvalue weighted by Gasteiger charge is 2.27. The van der Waals surface area contributed by atoms with E-state index in [0.29, 0.717) is 12.1 Å². The summed E-state index contributed by atoms with van der Waals surface area (Å²) in [4.78, 5) is 0.123. The molecule has 0 unspecified atom stereocenters. The van der Waals surface area contributed by atoms with Crippen molar-refractivity contribution in [2.75, 3.05) is 16.4 Å². The van der Waals surface area contributed by atoms with E-state index in [1.165, 1.54) is 24.3 Å². The van der Waals surface area contributed by atoms with Gasteiger partial charge in [0.15, 0.2) is 0 Å². The van der Waals surface area contributed by atoms with Gasteiger partial charge in [-0.15, -0.1) is 11.6 Å². The lowest BCUT2D eigenvalue weighted by molar-refractivity contribution is 0.581. The van der Waals surface area contributed by atoms with Gasteiger partial charge in [-0.3, -0.25) is 4.72 Å². The van der Waals surface area contributed by atoms with Crippen molar-refractivity contribution in [3.8, 4) is 0 Å². The van der Waals surface area contributed by atoms with E-state index in [-0.39, 0.29) is 22.6 Å². The summed E-state index contributed by atoms with van der Waals surface area (Å²) in [6.45, 7) is 0. The third-order valence-corrected chi connectivity index (χ3v) is 6.06. The van der Waals surface area contributed by atoms with Crippen molar-refractivity contribution in [3.05, 3.63) is 24.3 Å². The zero-order valence-corrected chi connectivity index (χ0v) is 13.6. The van der Waals surface area contributed by atoms with E-state index in [1.807, 2.05) is 0 Å². The maximum Gasteiger partial charge on any atom is 0.240 e. The lowest BCUT2D eigenvalue weighted by Gasteiger charge is -2.09. The Kier molecular flexibility index (Phi) is 5.13. The number of alkyl halides is 1. The number of hydrogen-bond acceptors (Lipinski definition) is 4. The molecule has 0 atom stereocenters. The van der Waals surface area contributed by atoms with E-state index in [4.69, 9.17) is 11.6 Å². The van der Waals surface area contributed by atoms with E-state index in [2.05, 4.69) is 9.44 Å². The summed E-state index contributed by atoms with van der Waals surface area (Å²) in [5, 5.41) is 0. The van der Waals surface area contributed by atoms with Crippen molar-refractivity contribution in [3.63, 3.8) is 0 Å². The van der Waals surface area contributed by atoms with Gasteiger partial charge >= 0.3 is 0 Å². The molecule has 118 valence electrons. The lowest BCUT2D eigenvalue weighted by atomic mass is 10.3. The third-order valence-electron chi connectivity index (χ3n) is 2.88. The first-order valence-electron chi connectivity index (χ1n) is 6.51. The largest absolute Gasteiger partial charge is 0.284 e. The van der Waals surface area contributed by atoms with E-state index < -0.39 is 20.0 Å². The van der Waals surface area contributed by atoms with Crippen molar-refractivity contribution in [1.82, 2.24) is 4.72 Å². The van der Waals surface area contributed by atoms with Crippen LogP contribution in [0.4, 0.5) is 5.69 Å². The van der Waals surface area contributed by atoms with Gasteiger partial charge in [0, 0.05) is 17.6 Å². The monoisotopic (exact) mass is 352 g/mol. The second-order valence-electron chi connectivity index (χ2n) is 4.88. The number of benzene rings is 1. The van der Waals surface area contributed by atoms with E-state index in [0.717, 1.165) is 12.8 Å². The standard InChI is InChI=1S/C12H17ClN2O4S2/c13-8-1-9-20(16,17)14-10-4-6-12(7-5-10)21(18,19)15-11-2-3-11/h4-7,11,14-15H,1-3,8-9H2. The maximum absolute atomic E-state index is 12.0. The summed E-state index contributed by atoms with van der Waals surface area (Å²) in [5.74, 6) is 0.199. The highest BCUT2D eigenvalue weighted by molar-refractivity contribution is 7.92. The predicted molar refractivity (Wildman–Crippen MR) is 82.5 cm³/mol. The van der Waals surface area contributed by atoms with Crippen LogP contribution in [0.1, 0.15) is 19.3 Å². The number of rotatable bonds is 8. The molecule has 0 saturated heterocycles. The first-order valence-corrected chi connectivity index (χ1v) is 10.2. The fourth-order valence-corrected chi connectivity index (χ4v) is 4.38. The first-order chi connectivity index (χ1) is 9.82. The molecule has 1 aromatic rings. The van der Waals surface area contributed by atoms with Gasteiger partial charge in [-0.1, -0.05) is 0 Å². The molecule has 0 bridgehead atoms. The molecule has 6 nitrogen and oxygen atoms in total. The zero-order chi connectivity index (χ0) is 15.5. The van der Waals surface area contributed by atoms with Gasteiger partial charge in [0.05, 0.1) is 10.6 Å². The van der Waals surface area contributed by atoms with E-state index in [1.54, 1.807) is 0 Å². The normalized spacial score (nSPS) is 15.9. The van der Waals surface area contributed by atoms with E-state index in [9.17, 15) is 16.8 Å². The molecular weight excluding hydrogens is 336 g/mol. The number of anilines is 1. The van der Waals surface area contributed by atoms with Crippen LogP contribution in [0.3, 0.4) is 0 Å². The van der Waals surface area contributed by atoms with Gasteiger partial charge < -0.3 is 0 Å². The SMILES string of the molecule is O=S(=O)(CCCCl)Nc1ccc(S(=O)(=O)NC2CC2)cc1. The summed E-state index contributed by atoms with van der Waals surface area (Å²) >= 11 is 5.46. The minimum Gasteiger partial charge on any atom is -0.284 e. The summed E-state index contributed by atoms with van der Waals surface area (Å²) in [5.41, 5.74) is 0.329. The number of nitrogens with one attached hydrogen (secondary N) is 2. The van der Waals surface area contributed by atoms with Gasteiger partial charge in [0.1, 0.15) is 0 Å². The average molecular weight is 353 g/mol. The Morgan fingerprint density at radius 2 is 1.71 bits per heavy atom. The highest BCUT2D eigenvalue weighted by atomic mass is 35.5. The molecule has 0 radical (unpaired) electrons. The molecule has 21 heavy (non-hydrogen) atoms. The Bertz CT molecular complexity index is 682. The van der Waals surface area contributed by atoms with Crippen molar-refractivity contribution in [2.24, 2.45) is 0 Å². The van der Waals surface area contributed by atoms with Crippen molar-refractivity contribution < 1.29 is 16.8 Å². The van der Waals surface area contributed by atoms with Crippen LogP contribution in [-0.4, -0.2) is 34.5 Å². The highest BCUT2D eigenvalue weighted by Crippen LogP contribution is 2.23. The predicted octanol–water partition coefficient (Wildman–Crippen LogP) is 1.50. The smallest absolute Gasteiger partial charge is 0.240 e. The van der Waals surface area contributed by atoms with Crippen LogP contribution in [0.25, 0.3) is 0 Å². The molecular formula is C12H17ClN2O4S2. The number of sulfonamides is 2. The second kappa shape index (κ2) is 6.51. The fourth-order valence-electron chi connectivity index (χ4n) is 1.67. The van der Waals surface area contributed by atoms with Crippen molar-refractivity contribution in [2.45, 2.75) is 30.2 Å². The molecule has 2 N–H and O–H groups in total. The molecule has 1 aromatic carbocycles. The zero-order valence-electron chi connectivity index (χ0n) is 11.2. The minimum atomic E-state index is -3.52. The summed E-state index contributed by atoms with van der Waals surface area (Å²) in [7, 11) is -6.97. The fraction of sp³-hybridized carbons (Fsp3) is 0.500. The van der Waals surface area contributed by atoms with Gasteiger partial charge in [-0.2, -0.15) is 0 Å². The molecule has 1 fully saturated rings. The number of halogens is 1. The molecule has 0 heterocycles. The maximum atomic E-state index is 12.0. The molecule has 0 spiro atoms. The molecule has 1 aliphatic rings. The minimum absolute atomic E-state index is 0.0312. The van der Waals surface area contributed by atoms with Crippen molar-refractivity contribution in [1.29, 1.82) is 0 Å². The molecule has 1 saturated carbocycles. The number of hydrogen-bond donors (Lipinski definition) is 2. The Balaban J connectivity index is 2.05. The van der Waals surface area contributed by atoms with Crippen molar-refractivity contribution >= 4 is 37.3 Å². The molecule has 9 heteroatoms. The Morgan fingerprint density at radius 3 is 2.24 bits per heavy atom. The van der Waals surface area contributed by atoms with Gasteiger partial charge in [-0.05, 0) is 43.5 Å². The Hall–Kier alpha value is -0.830. The topological polar surface area (TPSA) is 92.3 Å². The van der Waals surface area contributed by atoms with Crippen LogP contribution < -0.4 is 9.44 Å². The van der Waals surface area contributed by atoms with Gasteiger partial charge in [0.25, 0.3) is 0 Å². The summed E-state index contributed by atoms with van der Waals surface area (Å²) in [6, 6.07) is 5.65. The lowest BCUT2D eigenvalue weighted by Crippen LogP contribution is -2.25. The average Bonchev–Trinajstić information content (AvgIpc) is 3.20.